The fourth-order valence-corrected chi connectivity index (χ4v) is 3.86. The van der Waals surface area contributed by atoms with Gasteiger partial charge in [0, 0.05) is 25.6 Å². The van der Waals surface area contributed by atoms with Crippen molar-refractivity contribution in [1.82, 2.24) is 4.90 Å². The topological polar surface area (TPSA) is 43.7 Å². The molecule has 1 saturated heterocycles. The summed E-state index contributed by atoms with van der Waals surface area (Å²) >= 11 is 0. The molecule has 1 fully saturated rings. The summed E-state index contributed by atoms with van der Waals surface area (Å²) in [6.07, 6.45) is 0.807. The third-order valence-electron chi connectivity index (χ3n) is 5.66. The molecule has 4 unspecified atom stereocenters. The number of hydrogen-bond donors (Lipinski definition) is 2. The zero-order chi connectivity index (χ0) is 17.8. The van der Waals surface area contributed by atoms with Crippen LogP contribution in [0.3, 0.4) is 0 Å². The van der Waals surface area contributed by atoms with Crippen LogP contribution in [0.2, 0.25) is 0 Å². The molecule has 0 amide bonds. The summed E-state index contributed by atoms with van der Waals surface area (Å²) < 4.78 is 0. The van der Waals surface area contributed by atoms with Crippen LogP contribution in [0.5, 0.6) is 0 Å². The third-order valence-corrected chi connectivity index (χ3v) is 5.66. The Labute approximate surface area is 150 Å². The van der Waals surface area contributed by atoms with Gasteiger partial charge in [-0.25, -0.2) is 0 Å². The van der Waals surface area contributed by atoms with Crippen LogP contribution >= 0.6 is 0 Å². The average molecular weight is 339 g/mol. The van der Waals surface area contributed by atoms with Gasteiger partial charge in [-0.05, 0) is 36.0 Å². The van der Waals surface area contributed by atoms with E-state index in [2.05, 4.69) is 43.0 Å². The predicted octanol–water partition coefficient (Wildman–Crippen LogP) is 3.35. The summed E-state index contributed by atoms with van der Waals surface area (Å²) in [6, 6.07) is 19.0. The van der Waals surface area contributed by atoms with Crippen molar-refractivity contribution in [1.29, 1.82) is 0 Å². The maximum absolute atomic E-state index is 10.7. The van der Waals surface area contributed by atoms with E-state index in [4.69, 9.17) is 0 Å². The fraction of sp³-hybridized carbons (Fsp3) is 0.455. The molecule has 1 aliphatic rings. The second kappa shape index (κ2) is 8.13. The monoisotopic (exact) mass is 339 g/mol. The Bertz CT molecular complexity index is 673. The van der Waals surface area contributed by atoms with Crippen LogP contribution in [0.25, 0.3) is 11.1 Å². The maximum Gasteiger partial charge on any atom is 0.0707 e. The van der Waals surface area contributed by atoms with Gasteiger partial charge in [0.15, 0.2) is 0 Å². The molecule has 3 nitrogen and oxygen atoms in total. The summed E-state index contributed by atoms with van der Waals surface area (Å²) in [5, 5.41) is 20.7. The van der Waals surface area contributed by atoms with Crippen molar-refractivity contribution >= 4 is 0 Å². The Kier molecular flexibility index (Phi) is 5.89. The van der Waals surface area contributed by atoms with E-state index >= 15 is 0 Å². The lowest BCUT2D eigenvalue weighted by molar-refractivity contribution is -0.0194. The quantitative estimate of drug-likeness (QED) is 0.878. The molecule has 3 heteroatoms. The summed E-state index contributed by atoms with van der Waals surface area (Å²) in [7, 11) is 0. The average Bonchev–Trinajstić information content (AvgIpc) is 2.63. The third kappa shape index (κ3) is 4.30. The van der Waals surface area contributed by atoms with Crippen LogP contribution in [-0.4, -0.2) is 46.5 Å². The van der Waals surface area contributed by atoms with Crippen LogP contribution in [-0.2, 0) is 6.42 Å². The minimum absolute atomic E-state index is 0.220. The van der Waals surface area contributed by atoms with Crippen molar-refractivity contribution in [2.24, 2.45) is 5.92 Å². The van der Waals surface area contributed by atoms with Gasteiger partial charge in [-0.1, -0.05) is 61.5 Å². The van der Waals surface area contributed by atoms with E-state index in [0.717, 1.165) is 13.0 Å². The standard InChI is InChI=1S/C22H29NO2/c1-16-17(2)23(13-12-22(16)25)15-20(24)14-19-10-6-7-11-21(19)18-8-4-3-5-9-18/h3-11,16-17,20,22,24-25H,12-15H2,1-2H3. The van der Waals surface area contributed by atoms with Gasteiger partial charge in [-0.3, -0.25) is 4.90 Å². The summed E-state index contributed by atoms with van der Waals surface area (Å²) in [6.45, 7) is 5.75. The number of nitrogens with zero attached hydrogens (tertiary/aromatic N) is 1. The predicted molar refractivity (Wildman–Crippen MR) is 102 cm³/mol. The van der Waals surface area contributed by atoms with Crippen LogP contribution in [0.15, 0.2) is 54.6 Å². The van der Waals surface area contributed by atoms with Gasteiger partial charge in [0.2, 0.25) is 0 Å². The van der Waals surface area contributed by atoms with E-state index in [1.165, 1.54) is 16.7 Å². The second-order valence-electron chi connectivity index (χ2n) is 7.33. The number of rotatable bonds is 5. The largest absolute Gasteiger partial charge is 0.393 e. The summed E-state index contributed by atoms with van der Waals surface area (Å²) in [4.78, 5) is 2.31. The van der Waals surface area contributed by atoms with E-state index in [9.17, 15) is 10.2 Å². The first kappa shape index (κ1) is 18.1. The van der Waals surface area contributed by atoms with Gasteiger partial charge < -0.3 is 10.2 Å². The highest BCUT2D eigenvalue weighted by atomic mass is 16.3. The molecular formula is C22H29NO2. The highest BCUT2D eigenvalue weighted by Crippen LogP contribution is 2.26. The smallest absolute Gasteiger partial charge is 0.0707 e. The first-order valence-corrected chi connectivity index (χ1v) is 9.29. The van der Waals surface area contributed by atoms with Crippen molar-refractivity contribution in [3.05, 3.63) is 60.2 Å². The first-order valence-electron chi connectivity index (χ1n) is 9.29. The number of benzene rings is 2. The molecule has 0 bridgehead atoms. The summed E-state index contributed by atoms with van der Waals surface area (Å²) in [5.74, 6) is 0.248. The summed E-state index contributed by atoms with van der Waals surface area (Å²) in [5.41, 5.74) is 3.56. The molecule has 2 N–H and O–H groups in total. The number of aliphatic hydroxyl groups is 2. The van der Waals surface area contributed by atoms with E-state index < -0.39 is 6.10 Å². The highest BCUT2D eigenvalue weighted by molar-refractivity contribution is 5.67. The zero-order valence-electron chi connectivity index (χ0n) is 15.2. The molecule has 2 aromatic carbocycles. The lowest BCUT2D eigenvalue weighted by Gasteiger charge is -2.41. The normalized spacial score (nSPS) is 25.7. The van der Waals surface area contributed by atoms with Crippen molar-refractivity contribution in [2.45, 2.75) is 44.9 Å². The maximum atomic E-state index is 10.7. The van der Waals surface area contributed by atoms with E-state index in [1.807, 2.05) is 30.3 Å². The fourth-order valence-electron chi connectivity index (χ4n) is 3.86. The second-order valence-corrected chi connectivity index (χ2v) is 7.33. The molecule has 134 valence electrons. The molecule has 0 aliphatic carbocycles. The van der Waals surface area contributed by atoms with Gasteiger partial charge in [-0.2, -0.15) is 0 Å². The Balaban J connectivity index is 1.69. The lowest BCUT2D eigenvalue weighted by atomic mass is 9.88. The number of piperidine rings is 1. The van der Waals surface area contributed by atoms with Gasteiger partial charge in [0.05, 0.1) is 12.2 Å². The van der Waals surface area contributed by atoms with Crippen molar-refractivity contribution in [2.75, 3.05) is 13.1 Å². The van der Waals surface area contributed by atoms with Crippen LogP contribution in [0.1, 0.15) is 25.8 Å². The Hall–Kier alpha value is -1.68. The minimum atomic E-state index is -0.408. The van der Waals surface area contributed by atoms with Gasteiger partial charge in [0.1, 0.15) is 0 Å². The van der Waals surface area contributed by atoms with E-state index in [1.54, 1.807) is 0 Å². The van der Waals surface area contributed by atoms with E-state index in [0.29, 0.717) is 19.0 Å². The molecule has 4 atom stereocenters. The molecule has 25 heavy (non-hydrogen) atoms. The molecule has 1 heterocycles. The molecule has 0 radical (unpaired) electrons. The number of likely N-dealkylation sites (tertiary alicyclic amines) is 1. The highest BCUT2D eigenvalue weighted by Gasteiger charge is 2.32. The minimum Gasteiger partial charge on any atom is -0.393 e. The first-order chi connectivity index (χ1) is 12.1. The van der Waals surface area contributed by atoms with Crippen molar-refractivity contribution in [3.8, 4) is 11.1 Å². The number of hydrogen-bond acceptors (Lipinski definition) is 3. The molecule has 0 aromatic heterocycles. The Morgan fingerprint density at radius 3 is 2.48 bits per heavy atom. The van der Waals surface area contributed by atoms with Gasteiger partial charge >= 0.3 is 0 Å². The van der Waals surface area contributed by atoms with Crippen molar-refractivity contribution < 1.29 is 10.2 Å². The molecule has 3 rings (SSSR count). The van der Waals surface area contributed by atoms with Crippen molar-refractivity contribution in [3.63, 3.8) is 0 Å². The molecule has 1 aliphatic heterocycles. The molecule has 0 saturated carbocycles. The zero-order valence-corrected chi connectivity index (χ0v) is 15.2. The van der Waals surface area contributed by atoms with Gasteiger partial charge in [-0.15, -0.1) is 0 Å². The molecule has 0 spiro atoms. The molecule has 2 aromatic rings. The Morgan fingerprint density at radius 1 is 1.04 bits per heavy atom. The lowest BCUT2D eigenvalue weighted by Crippen LogP contribution is -2.51. The molecular weight excluding hydrogens is 310 g/mol. The van der Waals surface area contributed by atoms with Crippen LogP contribution < -0.4 is 0 Å². The van der Waals surface area contributed by atoms with Gasteiger partial charge in [0.25, 0.3) is 0 Å². The number of β-amino-alcohol motifs (C(OH)–C–C–N with tert-alkyl or cyclic N) is 1. The van der Waals surface area contributed by atoms with Crippen LogP contribution in [0.4, 0.5) is 0 Å². The number of aliphatic hydroxyl groups excluding tert-OH is 2. The SMILES string of the molecule is CC1C(O)CCN(CC(O)Cc2ccccc2-c2ccccc2)C1C. The van der Waals surface area contributed by atoms with E-state index in [-0.39, 0.29) is 12.0 Å². The Morgan fingerprint density at radius 2 is 1.72 bits per heavy atom. The van der Waals surface area contributed by atoms with Crippen LogP contribution in [0, 0.1) is 5.92 Å².